The van der Waals surface area contributed by atoms with Crippen molar-refractivity contribution < 1.29 is 4.74 Å². The number of rotatable bonds is 6. The highest BCUT2D eigenvalue weighted by Crippen LogP contribution is 2.16. The molecule has 1 aliphatic heterocycles. The summed E-state index contributed by atoms with van der Waals surface area (Å²) in [5.41, 5.74) is 0. The van der Waals surface area contributed by atoms with Crippen molar-refractivity contribution in [3.8, 4) is 0 Å². The van der Waals surface area contributed by atoms with Crippen molar-refractivity contribution in [2.75, 3.05) is 19.8 Å². The van der Waals surface area contributed by atoms with Crippen molar-refractivity contribution in [3.05, 3.63) is 18.5 Å². The first-order valence-corrected chi connectivity index (χ1v) is 6.65. The number of aromatic nitrogens is 2. The Balaban J connectivity index is 1.57. The van der Waals surface area contributed by atoms with Crippen LogP contribution in [0.1, 0.15) is 26.2 Å². The van der Waals surface area contributed by atoms with Crippen LogP contribution in [0.3, 0.4) is 0 Å². The van der Waals surface area contributed by atoms with Gasteiger partial charge in [0.05, 0.1) is 6.61 Å². The summed E-state index contributed by atoms with van der Waals surface area (Å²) in [6.45, 7) is 6.19. The average molecular weight is 237 g/mol. The number of nitrogens with zero attached hydrogens (tertiary/aromatic N) is 2. The molecule has 4 nitrogen and oxygen atoms in total. The van der Waals surface area contributed by atoms with Gasteiger partial charge in [-0.2, -0.15) is 5.10 Å². The molecule has 2 atom stereocenters. The van der Waals surface area contributed by atoms with Gasteiger partial charge >= 0.3 is 0 Å². The normalized spacial score (nSPS) is 22.5. The molecule has 0 aliphatic carbocycles. The van der Waals surface area contributed by atoms with Crippen LogP contribution < -0.4 is 5.32 Å². The van der Waals surface area contributed by atoms with Crippen molar-refractivity contribution >= 4 is 0 Å². The van der Waals surface area contributed by atoms with Gasteiger partial charge in [-0.1, -0.05) is 0 Å². The van der Waals surface area contributed by atoms with Crippen LogP contribution in [-0.2, 0) is 11.3 Å². The van der Waals surface area contributed by atoms with Gasteiger partial charge in [-0.15, -0.1) is 0 Å². The summed E-state index contributed by atoms with van der Waals surface area (Å²) in [5.74, 6) is 0.688. The quantitative estimate of drug-likeness (QED) is 0.765. The predicted octanol–water partition coefficient (Wildman–Crippen LogP) is 1.68. The molecule has 0 amide bonds. The van der Waals surface area contributed by atoms with E-state index in [1.54, 1.807) is 0 Å². The van der Waals surface area contributed by atoms with Gasteiger partial charge in [0.25, 0.3) is 0 Å². The summed E-state index contributed by atoms with van der Waals surface area (Å²) in [7, 11) is 0. The average Bonchev–Trinajstić information content (AvgIpc) is 2.88. The van der Waals surface area contributed by atoms with Crippen LogP contribution in [0.2, 0.25) is 0 Å². The second kappa shape index (κ2) is 6.77. The first-order chi connectivity index (χ1) is 8.36. The molecule has 0 aromatic carbocycles. The van der Waals surface area contributed by atoms with Crippen molar-refractivity contribution in [2.24, 2.45) is 5.92 Å². The van der Waals surface area contributed by atoms with Gasteiger partial charge in [0, 0.05) is 31.6 Å². The largest absolute Gasteiger partial charge is 0.381 e. The van der Waals surface area contributed by atoms with Gasteiger partial charge in [-0.05, 0) is 44.7 Å². The lowest BCUT2D eigenvalue weighted by atomic mass is 9.95. The van der Waals surface area contributed by atoms with Crippen LogP contribution in [0.25, 0.3) is 0 Å². The van der Waals surface area contributed by atoms with Crippen molar-refractivity contribution in [2.45, 2.75) is 38.8 Å². The molecule has 1 fully saturated rings. The van der Waals surface area contributed by atoms with Crippen molar-refractivity contribution in [3.63, 3.8) is 0 Å². The van der Waals surface area contributed by atoms with Gasteiger partial charge < -0.3 is 10.1 Å². The van der Waals surface area contributed by atoms with Crippen LogP contribution >= 0.6 is 0 Å². The Hall–Kier alpha value is -0.870. The van der Waals surface area contributed by atoms with E-state index in [9.17, 15) is 0 Å². The Morgan fingerprint density at radius 2 is 2.53 bits per heavy atom. The third kappa shape index (κ3) is 4.13. The second-order valence-electron chi connectivity index (χ2n) is 4.84. The topological polar surface area (TPSA) is 39.1 Å². The van der Waals surface area contributed by atoms with Gasteiger partial charge in [-0.25, -0.2) is 0 Å². The van der Waals surface area contributed by atoms with Crippen LogP contribution in [0.5, 0.6) is 0 Å². The van der Waals surface area contributed by atoms with Crippen LogP contribution in [0.4, 0.5) is 0 Å². The SMILES string of the molecule is C[C@H](NCCCn1cccn1)[C@H]1CCCOC1. The fraction of sp³-hybridized carbons (Fsp3) is 0.769. The lowest BCUT2D eigenvalue weighted by molar-refractivity contribution is 0.0420. The molecular formula is C13H23N3O. The maximum Gasteiger partial charge on any atom is 0.0509 e. The first-order valence-electron chi connectivity index (χ1n) is 6.65. The summed E-state index contributed by atoms with van der Waals surface area (Å²) in [4.78, 5) is 0. The van der Waals surface area contributed by atoms with Crippen molar-refractivity contribution in [1.29, 1.82) is 0 Å². The highest BCUT2D eigenvalue weighted by atomic mass is 16.5. The smallest absolute Gasteiger partial charge is 0.0509 e. The zero-order valence-corrected chi connectivity index (χ0v) is 10.6. The number of nitrogens with one attached hydrogen (secondary N) is 1. The molecule has 2 heterocycles. The Morgan fingerprint density at radius 1 is 1.59 bits per heavy atom. The monoisotopic (exact) mass is 237 g/mol. The molecule has 1 aromatic rings. The van der Waals surface area contributed by atoms with E-state index in [0.29, 0.717) is 12.0 Å². The summed E-state index contributed by atoms with van der Waals surface area (Å²) >= 11 is 0. The molecule has 0 radical (unpaired) electrons. The third-order valence-corrected chi connectivity index (χ3v) is 3.49. The molecule has 2 rings (SSSR count). The van der Waals surface area contributed by atoms with Gasteiger partial charge in [0.15, 0.2) is 0 Å². The molecule has 0 bridgehead atoms. The highest BCUT2D eigenvalue weighted by molar-refractivity contribution is 4.78. The number of aryl methyl sites for hydroxylation is 1. The van der Waals surface area contributed by atoms with Crippen LogP contribution in [-0.4, -0.2) is 35.6 Å². The first kappa shape index (κ1) is 12.6. The lowest BCUT2D eigenvalue weighted by Gasteiger charge is -2.28. The van der Waals surface area contributed by atoms with E-state index in [4.69, 9.17) is 4.74 Å². The molecule has 1 N–H and O–H groups in total. The summed E-state index contributed by atoms with van der Waals surface area (Å²) < 4.78 is 7.50. The predicted molar refractivity (Wildman–Crippen MR) is 67.9 cm³/mol. The van der Waals surface area contributed by atoms with Gasteiger partial charge in [0.2, 0.25) is 0 Å². The minimum atomic E-state index is 0.563. The van der Waals surface area contributed by atoms with Gasteiger partial charge in [0.1, 0.15) is 0 Å². The van der Waals surface area contributed by atoms with E-state index in [1.165, 1.54) is 12.8 Å². The molecule has 96 valence electrons. The molecule has 1 aromatic heterocycles. The van der Waals surface area contributed by atoms with Gasteiger partial charge in [-0.3, -0.25) is 4.68 Å². The summed E-state index contributed by atoms with van der Waals surface area (Å²) in [6, 6.07) is 2.53. The molecule has 0 saturated carbocycles. The van der Waals surface area contributed by atoms with E-state index < -0.39 is 0 Å². The molecule has 1 aliphatic rings. The highest BCUT2D eigenvalue weighted by Gasteiger charge is 2.19. The van der Waals surface area contributed by atoms with Crippen LogP contribution in [0, 0.1) is 5.92 Å². The fourth-order valence-corrected chi connectivity index (χ4v) is 2.33. The van der Waals surface area contributed by atoms with E-state index in [1.807, 2.05) is 23.1 Å². The fourth-order valence-electron chi connectivity index (χ4n) is 2.33. The summed E-state index contributed by atoms with van der Waals surface area (Å²) in [5, 5.41) is 7.79. The Bertz CT molecular complexity index is 294. The molecule has 17 heavy (non-hydrogen) atoms. The Kier molecular flexibility index (Phi) is 5.01. The van der Waals surface area contributed by atoms with E-state index >= 15 is 0 Å². The maximum atomic E-state index is 5.51. The van der Waals surface area contributed by atoms with Crippen molar-refractivity contribution in [1.82, 2.24) is 15.1 Å². The third-order valence-electron chi connectivity index (χ3n) is 3.49. The molecule has 0 spiro atoms. The van der Waals surface area contributed by atoms with E-state index in [2.05, 4.69) is 17.3 Å². The minimum absolute atomic E-state index is 0.563. The number of ether oxygens (including phenoxy) is 1. The molecular weight excluding hydrogens is 214 g/mol. The molecule has 0 unspecified atom stereocenters. The van der Waals surface area contributed by atoms with E-state index in [-0.39, 0.29) is 0 Å². The zero-order valence-electron chi connectivity index (χ0n) is 10.6. The molecule has 1 saturated heterocycles. The number of hydrogen-bond donors (Lipinski definition) is 1. The maximum absolute atomic E-state index is 5.51. The van der Waals surface area contributed by atoms with E-state index in [0.717, 1.165) is 32.7 Å². The standard InChI is InChI=1S/C13H23N3O/c1-12(13-5-2-10-17-11-13)14-6-3-8-16-9-4-7-15-16/h4,7,9,12-14H,2-3,5-6,8,10-11H2,1H3/t12-,13-/m0/s1. The Morgan fingerprint density at radius 3 is 3.24 bits per heavy atom. The second-order valence-corrected chi connectivity index (χ2v) is 4.84. The minimum Gasteiger partial charge on any atom is -0.381 e. The zero-order chi connectivity index (χ0) is 11.9. The number of hydrogen-bond acceptors (Lipinski definition) is 3. The Labute approximate surface area is 103 Å². The molecule has 4 heteroatoms. The summed E-state index contributed by atoms with van der Waals surface area (Å²) in [6.07, 6.45) is 7.48. The van der Waals surface area contributed by atoms with Crippen LogP contribution in [0.15, 0.2) is 18.5 Å². The lowest BCUT2D eigenvalue weighted by Crippen LogP contribution is -2.38.